The fourth-order valence-corrected chi connectivity index (χ4v) is 4.23. The third-order valence-corrected chi connectivity index (χ3v) is 5.99. The normalized spacial score (nSPS) is 17.5. The molecule has 1 N–H and O–H groups in total. The molecule has 188 valence electrons. The van der Waals surface area contributed by atoms with E-state index in [0.717, 1.165) is 17.7 Å². The van der Waals surface area contributed by atoms with E-state index in [0.29, 0.717) is 42.6 Å². The number of aliphatic hydroxyl groups excluding tert-OH is 1. The molecule has 0 saturated carbocycles. The Balaban J connectivity index is 2.10. The van der Waals surface area contributed by atoms with Gasteiger partial charge in [-0.05, 0) is 81.4 Å². The van der Waals surface area contributed by atoms with E-state index in [1.807, 2.05) is 50.2 Å². The van der Waals surface area contributed by atoms with Gasteiger partial charge in [0.15, 0.2) is 0 Å². The van der Waals surface area contributed by atoms with Crippen LogP contribution in [0.2, 0.25) is 0 Å². The average Bonchev–Trinajstić information content (AvgIpc) is 3.07. The number of aryl methyl sites for hydroxylation is 1. The van der Waals surface area contributed by atoms with Gasteiger partial charge in [0.1, 0.15) is 17.3 Å². The summed E-state index contributed by atoms with van der Waals surface area (Å²) < 4.78 is 11.2. The number of benzene rings is 2. The maximum absolute atomic E-state index is 13.3. The van der Waals surface area contributed by atoms with Crippen molar-refractivity contribution in [3.8, 4) is 11.5 Å². The Morgan fingerprint density at radius 2 is 1.86 bits per heavy atom. The number of ketones is 1. The summed E-state index contributed by atoms with van der Waals surface area (Å²) in [7, 11) is 5.50. The van der Waals surface area contributed by atoms with Crippen molar-refractivity contribution in [1.82, 2.24) is 9.80 Å². The maximum atomic E-state index is 13.3. The van der Waals surface area contributed by atoms with Gasteiger partial charge in [-0.2, -0.15) is 0 Å². The first kappa shape index (κ1) is 26.3. The molecule has 1 aliphatic heterocycles. The molecule has 0 spiro atoms. The fourth-order valence-electron chi connectivity index (χ4n) is 4.23. The molecule has 1 amide bonds. The lowest BCUT2D eigenvalue weighted by atomic mass is 9.93. The van der Waals surface area contributed by atoms with Gasteiger partial charge >= 0.3 is 0 Å². The van der Waals surface area contributed by atoms with E-state index in [-0.39, 0.29) is 11.3 Å². The molecule has 1 saturated heterocycles. The van der Waals surface area contributed by atoms with Crippen molar-refractivity contribution in [2.45, 2.75) is 33.2 Å². The highest BCUT2D eigenvalue weighted by molar-refractivity contribution is 6.46. The summed E-state index contributed by atoms with van der Waals surface area (Å²) in [6.07, 6.45) is 0.696. The lowest BCUT2D eigenvalue weighted by molar-refractivity contribution is -0.139. The van der Waals surface area contributed by atoms with E-state index in [2.05, 4.69) is 13.8 Å². The van der Waals surface area contributed by atoms with E-state index < -0.39 is 17.7 Å². The number of rotatable bonds is 10. The Morgan fingerprint density at radius 1 is 1.11 bits per heavy atom. The number of Topliss-reactive ketones (excluding diaryl/α,β-unsaturated/α-hetero) is 1. The minimum atomic E-state index is -0.707. The predicted molar refractivity (Wildman–Crippen MR) is 137 cm³/mol. The van der Waals surface area contributed by atoms with Crippen LogP contribution in [-0.4, -0.2) is 67.5 Å². The Hall–Kier alpha value is -3.32. The van der Waals surface area contributed by atoms with Crippen LogP contribution in [0.4, 0.5) is 0 Å². The van der Waals surface area contributed by atoms with Gasteiger partial charge in [-0.15, -0.1) is 0 Å². The molecule has 0 bridgehead atoms. The van der Waals surface area contributed by atoms with Crippen molar-refractivity contribution in [3.05, 3.63) is 64.7 Å². The molecule has 1 heterocycles. The number of carbonyl (C=O) groups excluding carboxylic acids is 2. The topological polar surface area (TPSA) is 79.3 Å². The summed E-state index contributed by atoms with van der Waals surface area (Å²) >= 11 is 0. The lowest BCUT2D eigenvalue weighted by Crippen LogP contribution is -2.32. The van der Waals surface area contributed by atoms with Crippen molar-refractivity contribution >= 4 is 17.4 Å². The van der Waals surface area contributed by atoms with Crippen LogP contribution in [0.15, 0.2) is 48.0 Å². The van der Waals surface area contributed by atoms with Crippen LogP contribution in [0.3, 0.4) is 0 Å². The summed E-state index contributed by atoms with van der Waals surface area (Å²) in [5.74, 6) is 0.201. The highest BCUT2D eigenvalue weighted by atomic mass is 16.5. The SMILES string of the molecule is COc1ccc(/C(O)=C2\C(=O)C(=O)N(CCCN(C)C)C2c2cccc(OCC(C)C)c2)c(C)c1. The van der Waals surface area contributed by atoms with Crippen molar-refractivity contribution in [3.63, 3.8) is 0 Å². The molecule has 35 heavy (non-hydrogen) atoms. The second kappa shape index (κ2) is 11.4. The van der Waals surface area contributed by atoms with Gasteiger partial charge in [-0.25, -0.2) is 0 Å². The lowest BCUT2D eigenvalue weighted by Gasteiger charge is -2.26. The standard InChI is InChI=1S/C28H36N2O5/c1-18(2)17-35-22-10-7-9-20(16-22)25-24(26(31)23-12-11-21(34-6)15-19(23)3)27(32)28(33)30(25)14-8-13-29(4)5/h7,9-12,15-16,18,25,31H,8,13-14,17H2,1-6H3/b26-24+. The van der Waals surface area contributed by atoms with Gasteiger partial charge < -0.3 is 24.4 Å². The molecule has 0 aliphatic carbocycles. The molecule has 7 heteroatoms. The maximum Gasteiger partial charge on any atom is 0.295 e. The van der Waals surface area contributed by atoms with Gasteiger partial charge in [0.05, 0.1) is 25.3 Å². The molecule has 1 fully saturated rings. The van der Waals surface area contributed by atoms with E-state index in [1.165, 1.54) is 0 Å². The average molecular weight is 481 g/mol. The van der Waals surface area contributed by atoms with Crippen LogP contribution in [-0.2, 0) is 9.59 Å². The number of aliphatic hydroxyl groups is 1. The zero-order valence-electron chi connectivity index (χ0n) is 21.5. The Bertz CT molecular complexity index is 1110. The van der Waals surface area contributed by atoms with Crippen molar-refractivity contribution < 1.29 is 24.2 Å². The summed E-state index contributed by atoms with van der Waals surface area (Å²) in [5, 5.41) is 11.4. The molecule has 1 atom stereocenters. The smallest absolute Gasteiger partial charge is 0.295 e. The van der Waals surface area contributed by atoms with Gasteiger partial charge in [-0.3, -0.25) is 9.59 Å². The number of hydrogen-bond donors (Lipinski definition) is 1. The number of amides is 1. The van der Waals surface area contributed by atoms with E-state index >= 15 is 0 Å². The molecule has 2 aromatic rings. The number of carbonyl (C=O) groups is 2. The molecule has 1 aliphatic rings. The monoisotopic (exact) mass is 480 g/mol. The number of likely N-dealkylation sites (tertiary alicyclic amines) is 1. The molecule has 3 rings (SSSR count). The second-order valence-corrected chi connectivity index (χ2v) is 9.61. The van der Waals surface area contributed by atoms with Crippen LogP contribution in [0.5, 0.6) is 11.5 Å². The second-order valence-electron chi connectivity index (χ2n) is 9.61. The largest absolute Gasteiger partial charge is 0.507 e. The van der Waals surface area contributed by atoms with E-state index in [1.54, 1.807) is 30.2 Å². The summed E-state index contributed by atoms with van der Waals surface area (Å²) in [6.45, 7) is 7.69. The minimum absolute atomic E-state index is 0.0918. The van der Waals surface area contributed by atoms with Crippen molar-refractivity contribution in [1.29, 1.82) is 0 Å². The van der Waals surface area contributed by atoms with Crippen LogP contribution in [0, 0.1) is 12.8 Å². The van der Waals surface area contributed by atoms with Gasteiger partial charge in [-0.1, -0.05) is 26.0 Å². The Labute approximate surface area is 207 Å². The first-order valence-corrected chi connectivity index (χ1v) is 11.9. The third-order valence-electron chi connectivity index (χ3n) is 5.99. The Kier molecular flexibility index (Phi) is 8.57. The first-order chi connectivity index (χ1) is 16.6. The predicted octanol–water partition coefficient (Wildman–Crippen LogP) is 4.41. The van der Waals surface area contributed by atoms with Crippen LogP contribution in [0.1, 0.15) is 43.0 Å². The van der Waals surface area contributed by atoms with E-state index in [9.17, 15) is 14.7 Å². The van der Waals surface area contributed by atoms with Crippen LogP contribution < -0.4 is 9.47 Å². The highest BCUT2D eigenvalue weighted by Crippen LogP contribution is 2.41. The van der Waals surface area contributed by atoms with Crippen molar-refractivity contribution in [2.24, 2.45) is 5.92 Å². The Morgan fingerprint density at radius 3 is 2.49 bits per heavy atom. The van der Waals surface area contributed by atoms with Gasteiger partial charge in [0, 0.05) is 12.1 Å². The summed E-state index contributed by atoms with van der Waals surface area (Å²) in [5.41, 5.74) is 2.06. The molecule has 0 aromatic heterocycles. The zero-order chi connectivity index (χ0) is 25.7. The number of methoxy groups -OCH3 is 1. The number of nitrogens with zero attached hydrogens (tertiary/aromatic N) is 2. The minimum Gasteiger partial charge on any atom is -0.507 e. The van der Waals surface area contributed by atoms with Crippen molar-refractivity contribution in [2.75, 3.05) is 40.9 Å². The molecule has 1 unspecified atom stereocenters. The molecular weight excluding hydrogens is 444 g/mol. The molecular formula is C28H36N2O5. The van der Waals surface area contributed by atoms with Crippen LogP contribution >= 0.6 is 0 Å². The highest BCUT2D eigenvalue weighted by Gasteiger charge is 2.46. The van der Waals surface area contributed by atoms with Gasteiger partial charge in [0.2, 0.25) is 0 Å². The first-order valence-electron chi connectivity index (χ1n) is 11.9. The molecule has 0 radical (unpaired) electrons. The number of hydrogen-bond acceptors (Lipinski definition) is 6. The third kappa shape index (κ3) is 6.03. The van der Waals surface area contributed by atoms with Gasteiger partial charge in [0.25, 0.3) is 11.7 Å². The quantitative estimate of drug-likeness (QED) is 0.308. The fraction of sp³-hybridized carbons (Fsp3) is 0.429. The zero-order valence-corrected chi connectivity index (χ0v) is 21.5. The molecule has 7 nitrogen and oxygen atoms in total. The van der Waals surface area contributed by atoms with Crippen LogP contribution in [0.25, 0.3) is 5.76 Å². The summed E-state index contributed by atoms with van der Waals surface area (Å²) in [6, 6.07) is 11.9. The molecule has 2 aromatic carbocycles. The summed E-state index contributed by atoms with van der Waals surface area (Å²) in [4.78, 5) is 30.0. The van der Waals surface area contributed by atoms with E-state index in [4.69, 9.17) is 9.47 Å². The number of ether oxygens (including phenoxy) is 2.